The number of carbonyl (C=O) groups is 3. The number of aryl methyl sites for hydroxylation is 1. The van der Waals surface area contributed by atoms with Gasteiger partial charge in [0.05, 0.1) is 5.56 Å². The summed E-state index contributed by atoms with van der Waals surface area (Å²) in [6.07, 6.45) is -0.503. The highest BCUT2D eigenvalue weighted by atomic mass is 19.4. The number of nitrogens with zero attached hydrogens (tertiary/aromatic N) is 2. The lowest BCUT2D eigenvalue weighted by atomic mass is 9.87. The predicted molar refractivity (Wildman–Crippen MR) is 133 cm³/mol. The van der Waals surface area contributed by atoms with E-state index in [2.05, 4.69) is 5.32 Å². The molecule has 0 radical (unpaired) electrons. The Labute approximate surface area is 214 Å². The third-order valence-electron chi connectivity index (χ3n) is 7.26. The van der Waals surface area contributed by atoms with Crippen LogP contribution in [0.2, 0.25) is 0 Å². The van der Waals surface area contributed by atoms with Crippen LogP contribution in [0, 0.1) is 12.8 Å². The summed E-state index contributed by atoms with van der Waals surface area (Å²) in [4.78, 5) is 42.9. The number of hydrogen-bond acceptors (Lipinski definition) is 3. The molecule has 0 bridgehead atoms. The highest BCUT2D eigenvalue weighted by molar-refractivity contribution is 5.98. The molecule has 0 unspecified atom stereocenters. The third-order valence-corrected chi connectivity index (χ3v) is 7.26. The lowest BCUT2D eigenvalue weighted by Crippen LogP contribution is -2.55. The lowest BCUT2D eigenvalue weighted by Gasteiger charge is -2.38. The smallest absolute Gasteiger partial charge is 0.341 e. The van der Waals surface area contributed by atoms with Crippen molar-refractivity contribution < 1.29 is 27.6 Å². The van der Waals surface area contributed by atoms with E-state index < -0.39 is 17.8 Å². The Bertz CT molecular complexity index is 1120. The average molecular weight is 516 g/mol. The molecule has 2 aliphatic heterocycles. The van der Waals surface area contributed by atoms with Crippen LogP contribution in [0.4, 0.5) is 13.2 Å². The number of likely N-dealkylation sites (tertiary alicyclic amines) is 2. The average Bonchev–Trinajstić information content (AvgIpc) is 2.91. The summed E-state index contributed by atoms with van der Waals surface area (Å²) in [7, 11) is 0. The standard InChI is InChI=1S/C28H32F3N3O3/c1-19-6-5-7-22(18-19)25(35)32-24(27(37)33-14-3-2-4-15-33)20-12-16-34(17-13-20)26(36)21-8-10-23(11-9-21)28(29,30)31/h5-11,18,20,24H,2-4,12-17H2,1H3,(H,32,35)/t24-/m1/s1. The molecule has 1 N–H and O–H groups in total. The Morgan fingerprint density at radius 3 is 2.11 bits per heavy atom. The van der Waals surface area contributed by atoms with Crippen molar-refractivity contribution >= 4 is 17.7 Å². The molecule has 2 aromatic rings. The largest absolute Gasteiger partial charge is 0.416 e. The van der Waals surface area contributed by atoms with Crippen LogP contribution < -0.4 is 5.32 Å². The molecule has 198 valence electrons. The number of halogens is 3. The van der Waals surface area contributed by atoms with E-state index in [0.717, 1.165) is 37.0 Å². The van der Waals surface area contributed by atoms with Crippen molar-refractivity contribution in [3.63, 3.8) is 0 Å². The number of piperidine rings is 2. The SMILES string of the molecule is Cc1cccc(C(=O)N[C@@H](C(=O)N2CCCCC2)C2CCN(C(=O)c3ccc(C(F)(F)F)cc3)CC2)c1. The van der Waals surface area contributed by atoms with Crippen molar-refractivity contribution in [1.29, 1.82) is 0 Å². The molecule has 3 amide bonds. The minimum absolute atomic E-state index is 0.0896. The fourth-order valence-electron chi connectivity index (χ4n) is 5.12. The van der Waals surface area contributed by atoms with Crippen LogP contribution in [0.25, 0.3) is 0 Å². The molecule has 6 nitrogen and oxygen atoms in total. The topological polar surface area (TPSA) is 69.7 Å². The lowest BCUT2D eigenvalue weighted by molar-refractivity contribution is -0.137. The second kappa shape index (κ2) is 11.4. The highest BCUT2D eigenvalue weighted by Gasteiger charge is 2.37. The van der Waals surface area contributed by atoms with Gasteiger partial charge in [-0.2, -0.15) is 13.2 Å². The van der Waals surface area contributed by atoms with Crippen molar-refractivity contribution in [1.82, 2.24) is 15.1 Å². The summed E-state index contributed by atoms with van der Waals surface area (Å²) < 4.78 is 38.6. The summed E-state index contributed by atoms with van der Waals surface area (Å²) in [5.74, 6) is -0.884. The Balaban J connectivity index is 1.45. The van der Waals surface area contributed by atoms with E-state index in [4.69, 9.17) is 0 Å². The van der Waals surface area contributed by atoms with Crippen molar-refractivity contribution in [2.45, 2.75) is 51.2 Å². The second-order valence-corrected chi connectivity index (χ2v) is 9.91. The Hall–Kier alpha value is -3.36. The first-order chi connectivity index (χ1) is 17.6. The molecule has 9 heteroatoms. The van der Waals surface area contributed by atoms with E-state index >= 15 is 0 Å². The van der Waals surface area contributed by atoms with E-state index in [9.17, 15) is 27.6 Å². The van der Waals surface area contributed by atoms with Gasteiger partial charge in [-0.25, -0.2) is 0 Å². The molecule has 2 saturated heterocycles. The van der Waals surface area contributed by atoms with Crippen LogP contribution in [0.5, 0.6) is 0 Å². The van der Waals surface area contributed by atoms with Gasteiger partial charge in [0.15, 0.2) is 0 Å². The van der Waals surface area contributed by atoms with Gasteiger partial charge in [-0.1, -0.05) is 17.7 Å². The minimum atomic E-state index is -4.46. The Morgan fingerprint density at radius 1 is 0.865 bits per heavy atom. The van der Waals surface area contributed by atoms with Crippen molar-refractivity contribution in [2.24, 2.45) is 5.92 Å². The zero-order valence-electron chi connectivity index (χ0n) is 20.9. The van der Waals surface area contributed by atoms with E-state index in [1.54, 1.807) is 23.1 Å². The number of amides is 3. The van der Waals surface area contributed by atoms with Crippen molar-refractivity contribution in [3.8, 4) is 0 Å². The Kier molecular flexibility index (Phi) is 8.19. The summed E-state index contributed by atoms with van der Waals surface area (Å²) in [5.41, 5.74) is 0.833. The fraction of sp³-hybridized carbons (Fsp3) is 0.464. The molecule has 37 heavy (non-hydrogen) atoms. The van der Waals surface area contributed by atoms with Crippen molar-refractivity contribution in [2.75, 3.05) is 26.2 Å². The van der Waals surface area contributed by atoms with E-state index in [1.807, 2.05) is 17.9 Å². The van der Waals surface area contributed by atoms with Crippen LogP contribution >= 0.6 is 0 Å². The van der Waals surface area contributed by atoms with Crippen LogP contribution in [-0.4, -0.2) is 59.7 Å². The van der Waals surface area contributed by atoms with Gasteiger partial charge in [0.1, 0.15) is 6.04 Å². The summed E-state index contributed by atoms with van der Waals surface area (Å²) in [5, 5.41) is 2.98. The molecule has 0 aromatic heterocycles. The number of hydrogen-bond donors (Lipinski definition) is 1. The zero-order valence-corrected chi connectivity index (χ0v) is 20.9. The molecular formula is C28H32F3N3O3. The maximum Gasteiger partial charge on any atom is 0.416 e. The first kappa shape index (κ1) is 26.7. The molecule has 0 saturated carbocycles. The van der Waals surface area contributed by atoms with Gasteiger partial charge < -0.3 is 15.1 Å². The van der Waals surface area contributed by atoms with Crippen LogP contribution in [-0.2, 0) is 11.0 Å². The van der Waals surface area contributed by atoms with Gasteiger partial charge in [-0.15, -0.1) is 0 Å². The first-order valence-electron chi connectivity index (χ1n) is 12.8. The molecule has 1 atom stereocenters. The first-order valence-corrected chi connectivity index (χ1v) is 12.8. The molecule has 2 fully saturated rings. The Morgan fingerprint density at radius 2 is 1.51 bits per heavy atom. The fourth-order valence-corrected chi connectivity index (χ4v) is 5.12. The maximum atomic E-state index is 13.5. The monoisotopic (exact) mass is 515 g/mol. The van der Waals surface area contributed by atoms with E-state index in [1.165, 1.54) is 12.1 Å². The molecular weight excluding hydrogens is 483 g/mol. The number of rotatable bonds is 5. The van der Waals surface area contributed by atoms with Crippen LogP contribution in [0.15, 0.2) is 48.5 Å². The van der Waals surface area contributed by atoms with Gasteiger partial charge in [0.2, 0.25) is 5.91 Å². The van der Waals surface area contributed by atoms with Crippen LogP contribution in [0.3, 0.4) is 0 Å². The summed E-state index contributed by atoms with van der Waals surface area (Å²) in [6, 6.07) is 10.7. The second-order valence-electron chi connectivity index (χ2n) is 9.91. The maximum absolute atomic E-state index is 13.5. The molecule has 4 rings (SSSR count). The molecule has 2 aromatic carbocycles. The molecule has 0 spiro atoms. The van der Waals surface area contributed by atoms with Gasteiger partial charge in [0.25, 0.3) is 11.8 Å². The van der Waals surface area contributed by atoms with Gasteiger partial charge in [-0.05, 0) is 81.3 Å². The van der Waals surface area contributed by atoms with E-state index in [-0.39, 0.29) is 29.2 Å². The summed E-state index contributed by atoms with van der Waals surface area (Å²) in [6.45, 7) is 3.95. The van der Waals surface area contributed by atoms with Crippen molar-refractivity contribution in [3.05, 3.63) is 70.8 Å². The molecule has 2 aliphatic rings. The predicted octanol–water partition coefficient (Wildman–Crippen LogP) is 4.68. The third kappa shape index (κ3) is 6.50. The zero-order chi connectivity index (χ0) is 26.6. The van der Waals surface area contributed by atoms with Crippen LogP contribution in [0.1, 0.15) is 63.9 Å². The number of carbonyl (C=O) groups excluding carboxylic acids is 3. The highest BCUT2D eigenvalue weighted by Crippen LogP contribution is 2.30. The van der Waals surface area contributed by atoms with Gasteiger partial charge in [-0.3, -0.25) is 14.4 Å². The van der Waals surface area contributed by atoms with Gasteiger partial charge >= 0.3 is 6.18 Å². The number of nitrogens with one attached hydrogen (secondary N) is 1. The molecule has 0 aliphatic carbocycles. The number of alkyl halides is 3. The van der Waals surface area contributed by atoms with Gasteiger partial charge in [0, 0.05) is 37.3 Å². The van der Waals surface area contributed by atoms with E-state index in [0.29, 0.717) is 44.6 Å². The summed E-state index contributed by atoms with van der Waals surface area (Å²) >= 11 is 0. The number of benzene rings is 2. The minimum Gasteiger partial charge on any atom is -0.341 e. The quantitative estimate of drug-likeness (QED) is 0.629. The normalized spacial score (nSPS) is 17.8. The molecule has 2 heterocycles.